The number of halogens is 2. The predicted molar refractivity (Wildman–Crippen MR) is 68.9 cm³/mol. The molecule has 0 aliphatic heterocycles. The first-order valence-corrected chi connectivity index (χ1v) is 5.87. The van der Waals surface area contributed by atoms with Gasteiger partial charge in [-0.2, -0.15) is 9.37 Å². The van der Waals surface area contributed by atoms with Crippen LogP contribution in [0.1, 0.15) is 0 Å². The summed E-state index contributed by atoms with van der Waals surface area (Å²) in [5, 5.41) is 0. The number of aromatic nitrogens is 5. The van der Waals surface area contributed by atoms with Crippen LogP contribution in [0.5, 0.6) is 0 Å². The van der Waals surface area contributed by atoms with E-state index >= 15 is 0 Å². The van der Waals surface area contributed by atoms with Gasteiger partial charge < -0.3 is 9.97 Å². The lowest BCUT2D eigenvalue weighted by Crippen LogP contribution is -1.89. The highest BCUT2D eigenvalue weighted by Crippen LogP contribution is 2.21. The van der Waals surface area contributed by atoms with Crippen molar-refractivity contribution in [2.75, 3.05) is 0 Å². The van der Waals surface area contributed by atoms with Crippen LogP contribution in [0.2, 0.25) is 0 Å². The Bertz CT molecular complexity index is 868. The van der Waals surface area contributed by atoms with Gasteiger partial charge in [0.25, 0.3) is 5.95 Å². The van der Waals surface area contributed by atoms with Crippen LogP contribution >= 0.6 is 0 Å². The minimum atomic E-state index is -1.17. The van der Waals surface area contributed by atoms with E-state index in [0.717, 1.165) is 17.1 Å². The topological polar surface area (TPSA) is 70.2 Å². The van der Waals surface area contributed by atoms with Gasteiger partial charge in [-0.25, -0.2) is 14.4 Å². The highest BCUT2D eigenvalue weighted by atomic mass is 19.2. The Morgan fingerprint density at radius 2 is 1.60 bits per heavy atom. The van der Waals surface area contributed by atoms with Crippen molar-refractivity contribution in [1.82, 2.24) is 24.9 Å². The standard InChI is InChI=1S/C13H7F2N5/c14-6-5-9-11(19-10(6)15)20-13(18-9)12-16-7-3-1-2-4-8(7)17-12/h1-5H,(H,16,17)(H,18,19,20). The molecule has 0 bridgehead atoms. The number of rotatable bonds is 1. The molecule has 0 aliphatic rings. The molecule has 7 heteroatoms. The molecule has 0 saturated heterocycles. The minimum absolute atomic E-state index is 0.111. The molecule has 0 unspecified atom stereocenters. The maximum Gasteiger partial charge on any atom is 0.251 e. The molecule has 0 aliphatic carbocycles. The van der Waals surface area contributed by atoms with E-state index in [2.05, 4.69) is 24.9 Å². The largest absolute Gasteiger partial charge is 0.335 e. The zero-order chi connectivity index (χ0) is 13.7. The van der Waals surface area contributed by atoms with Crippen molar-refractivity contribution in [2.24, 2.45) is 0 Å². The average Bonchev–Trinajstić information content (AvgIpc) is 3.02. The summed E-state index contributed by atoms with van der Waals surface area (Å²) in [5.41, 5.74) is 2.07. The molecule has 5 nitrogen and oxygen atoms in total. The fourth-order valence-corrected chi connectivity index (χ4v) is 2.07. The van der Waals surface area contributed by atoms with Gasteiger partial charge in [0, 0.05) is 6.07 Å². The molecule has 0 atom stereocenters. The molecule has 0 radical (unpaired) electrons. The molecule has 0 amide bonds. The lowest BCUT2D eigenvalue weighted by atomic mass is 10.3. The summed E-state index contributed by atoms with van der Waals surface area (Å²) in [6, 6.07) is 8.52. The Kier molecular flexibility index (Phi) is 2.11. The van der Waals surface area contributed by atoms with Crippen molar-refractivity contribution >= 4 is 22.2 Å². The lowest BCUT2D eigenvalue weighted by Gasteiger charge is -1.89. The SMILES string of the molecule is Fc1cc2[nH]c(-c3nc4ccccc4[nH]3)nc2nc1F. The highest BCUT2D eigenvalue weighted by Gasteiger charge is 2.13. The zero-order valence-corrected chi connectivity index (χ0v) is 9.98. The van der Waals surface area contributed by atoms with E-state index in [0.29, 0.717) is 17.2 Å². The molecule has 0 saturated carbocycles. The molecule has 98 valence electrons. The molecule has 4 rings (SSSR count). The van der Waals surface area contributed by atoms with Crippen molar-refractivity contribution < 1.29 is 8.78 Å². The van der Waals surface area contributed by atoms with Gasteiger partial charge in [-0.05, 0) is 12.1 Å². The van der Waals surface area contributed by atoms with Gasteiger partial charge in [0.05, 0.1) is 16.6 Å². The number of aromatic amines is 2. The van der Waals surface area contributed by atoms with E-state index in [9.17, 15) is 8.78 Å². The van der Waals surface area contributed by atoms with Crippen LogP contribution in [0.25, 0.3) is 33.8 Å². The van der Waals surface area contributed by atoms with Crippen molar-refractivity contribution in [1.29, 1.82) is 0 Å². The number of nitrogens with one attached hydrogen (secondary N) is 2. The van der Waals surface area contributed by atoms with Crippen LogP contribution in [-0.2, 0) is 0 Å². The Morgan fingerprint density at radius 3 is 2.45 bits per heavy atom. The summed E-state index contributed by atoms with van der Waals surface area (Å²) < 4.78 is 26.2. The molecule has 0 fully saturated rings. The third kappa shape index (κ3) is 1.56. The number of imidazole rings is 2. The molecule has 1 aromatic carbocycles. The van der Waals surface area contributed by atoms with E-state index in [1.807, 2.05) is 24.3 Å². The first-order valence-electron chi connectivity index (χ1n) is 5.87. The zero-order valence-electron chi connectivity index (χ0n) is 9.98. The Labute approximate surface area is 110 Å². The molecular weight excluding hydrogens is 264 g/mol. The van der Waals surface area contributed by atoms with Gasteiger partial charge in [0.15, 0.2) is 23.1 Å². The summed E-state index contributed by atoms with van der Waals surface area (Å²) in [6.07, 6.45) is 0. The second-order valence-electron chi connectivity index (χ2n) is 4.32. The van der Waals surface area contributed by atoms with E-state index in [1.54, 1.807) is 0 Å². The summed E-state index contributed by atoms with van der Waals surface area (Å²) in [5.74, 6) is -1.31. The van der Waals surface area contributed by atoms with Crippen LogP contribution in [0.4, 0.5) is 8.78 Å². The first-order chi connectivity index (χ1) is 9.70. The van der Waals surface area contributed by atoms with Crippen LogP contribution in [0.3, 0.4) is 0 Å². The molecular formula is C13H7F2N5. The smallest absolute Gasteiger partial charge is 0.251 e. The number of fused-ring (bicyclic) bond motifs is 2. The molecule has 3 heterocycles. The highest BCUT2D eigenvalue weighted by molar-refractivity contribution is 5.80. The average molecular weight is 271 g/mol. The molecule has 2 N–H and O–H groups in total. The van der Waals surface area contributed by atoms with Gasteiger partial charge in [0.2, 0.25) is 0 Å². The number of hydrogen-bond acceptors (Lipinski definition) is 3. The molecule has 4 aromatic rings. The fourth-order valence-electron chi connectivity index (χ4n) is 2.07. The number of H-pyrrole nitrogens is 2. The number of hydrogen-bond donors (Lipinski definition) is 2. The van der Waals surface area contributed by atoms with Crippen molar-refractivity contribution in [3.63, 3.8) is 0 Å². The van der Waals surface area contributed by atoms with Crippen molar-refractivity contribution in [3.8, 4) is 11.6 Å². The molecule has 3 aromatic heterocycles. The van der Waals surface area contributed by atoms with Crippen molar-refractivity contribution in [3.05, 3.63) is 42.1 Å². The monoisotopic (exact) mass is 271 g/mol. The van der Waals surface area contributed by atoms with E-state index in [1.165, 1.54) is 0 Å². The van der Waals surface area contributed by atoms with Gasteiger partial charge in [-0.3, -0.25) is 0 Å². The Hall–Kier alpha value is -2.83. The minimum Gasteiger partial charge on any atom is -0.335 e. The van der Waals surface area contributed by atoms with Gasteiger partial charge >= 0.3 is 0 Å². The maximum absolute atomic E-state index is 13.1. The van der Waals surface area contributed by atoms with Gasteiger partial charge in [0.1, 0.15) is 0 Å². The quantitative estimate of drug-likeness (QED) is 0.523. The molecule has 0 spiro atoms. The summed E-state index contributed by atoms with van der Waals surface area (Å²) in [6.45, 7) is 0. The summed E-state index contributed by atoms with van der Waals surface area (Å²) in [4.78, 5) is 17.9. The normalized spacial score (nSPS) is 11.5. The number of para-hydroxylation sites is 2. The van der Waals surface area contributed by atoms with E-state index < -0.39 is 11.8 Å². The third-order valence-electron chi connectivity index (χ3n) is 3.00. The van der Waals surface area contributed by atoms with Crippen LogP contribution in [0, 0.1) is 11.8 Å². The first kappa shape index (κ1) is 11.0. The van der Waals surface area contributed by atoms with E-state index in [-0.39, 0.29) is 5.65 Å². The summed E-state index contributed by atoms with van der Waals surface area (Å²) in [7, 11) is 0. The second kappa shape index (κ2) is 3.83. The van der Waals surface area contributed by atoms with Gasteiger partial charge in [-0.1, -0.05) is 12.1 Å². The number of nitrogens with zero attached hydrogens (tertiary/aromatic N) is 3. The second-order valence-corrected chi connectivity index (χ2v) is 4.32. The third-order valence-corrected chi connectivity index (χ3v) is 3.00. The molecule has 20 heavy (non-hydrogen) atoms. The number of benzene rings is 1. The lowest BCUT2D eigenvalue weighted by molar-refractivity contribution is 0.483. The summed E-state index contributed by atoms with van der Waals surface area (Å²) >= 11 is 0. The Balaban J connectivity index is 1.93. The Morgan fingerprint density at radius 1 is 0.850 bits per heavy atom. The maximum atomic E-state index is 13.1. The predicted octanol–water partition coefficient (Wildman–Crippen LogP) is 2.78. The van der Waals surface area contributed by atoms with Gasteiger partial charge in [-0.15, -0.1) is 0 Å². The number of pyridine rings is 1. The van der Waals surface area contributed by atoms with Crippen LogP contribution in [-0.4, -0.2) is 24.9 Å². The van der Waals surface area contributed by atoms with E-state index in [4.69, 9.17) is 0 Å². The van der Waals surface area contributed by atoms with Crippen LogP contribution < -0.4 is 0 Å². The van der Waals surface area contributed by atoms with Crippen molar-refractivity contribution in [2.45, 2.75) is 0 Å². The fraction of sp³-hybridized carbons (Fsp3) is 0. The van der Waals surface area contributed by atoms with Crippen LogP contribution in [0.15, 0.2) is 30.3 Å².